The van der Waals surface area contributed by atoms with Crippen LogP contribution in [0.15, 0.2) is 77.7 Å². The molecule has 0 saturated carbocycles. The normalized spacial score (nSPS) is 10.4. The Bertz CT molecular complexity index is 989. The zero-order valence-corrected chi connectivity index (χ0v) is 16.8. The predicted octanol–water partition coefficient (Wildman–Crippen LogP) is 4.26. The van der Waals surface area contributed by atoms with Gasteiger partial charge in [-0.05, 0) is 59.3 Å². The third-order valence-corrected chi connectivity index (χ3v) is 5.10. The Hall–Kier alpha value is -3.12. The summed E-state index contributed by atoms with van der Waals surface area (Å²) < 4.78 is 12.9. The standard InChI is InChI=1S/C23H21FN2O2S/c1-29-21-11-7-17(8-12-21)18-3-2-4-19(13-18)23(28)26-15-22(27)25-14-16-5-9-20(24)10-6-16/h2-13H,14-15H2,1H3,(H,25,27)(H,26,28). The molecule has 3 aromatic rings. The summed E-state index contributed by atoms with van der Waals surface area (Å²) in [5.74, 6) is -0.953. The Balaban J connectivity index is 1.54. The molecule has 0 atom stereocenters. The first-order chi connectivity index (χ1) is 14.0. The van der Waals surface area contributed by atoms with E-state index in [4.69, 9.17) is 0 Å². The average molecular weight is 408 g/mol. The second-order valence-corrected chi connectivity index (χ2v) is 7.27. The van der Waals surface area contributed by atoms with Gasteiger partial charge in [0.05, 0.1) is 6.54 Å². The summed E-state index contributed by atoms with van der Waals surface area (Å²) in [5, 5.41) is 5.32. The first-order valence-electron chi connectivity index (χ1n) is 9.09. The van der Waals surface area contributed by atoms with Crippen LogP contribution in [0.25, 0.3) is 11.1 Å². The number of hydrogen-bond donors (Lipinski definition) is 2. The van der Waals surface area contributed by atoms with E-state index in [0.717, 1.165) is 16.7 Å². The minimum atomic E-state index is -0.324. The number of hydrogen-bond acceptors (Lipinski definition) is 3. The molecule has 0 heterocycles. The Morgan fingerprint density at radius 3 is 2.31 bits per heavy atom. The van der Waals surface area contributed by atoms with Crippen molar-refractivity contribution < 1.29 is 14.0 Å². The highest BCUT2D eigenvalue weighted by molar-refractivity contribution is 7.98. The summed E-state index contributed by atoms with van der Waals surface area (Å²) >= 11 is 1.67. The molecular weight excluding hydrogens is 387 g/mol. The molecule has 2 amide bonds. The smallest absolute Gasteiger partial charge is 0.251 e. The highest BCUT2D eigenvalue weighted by Gasteiger charge is 2.09. The summed E-state index contributed by atoms with van der Waals surface area (Å²) in [6.45, 7) is 0.142. The molecule has 0 radical (unpaired) electrons. The van der Waals surface area contributed by atoms with Crippen LogP contribution in [0.4, 0.5) is 4.39 Å². The molecule has 148 valence electrons. The largest absolute Gasteiger partial charge is 0.350 e. The maximum absolute atomic E-state index is 12.9. The van der Waals surface area contributed by atoms with Crippen molar-refractivity contribution in [2.45, 2.75) is 11.4 Å². The van der Waals surface area contributed by atoms with Gasteiger partial charge < -0.3 is 10.6 Å². The van der Waals surface area contributed by atoms with Crippen LogP contribution in [0.2, 0.25) is 0 Å². The van der Waals surface area contributed by atoms with Crippen LogP contribution in [0.3, 0.4) is 0 Å². The lowest BCUT2D eigenvalue weighted by Gasteiger charge is -2.09. The van der Waals surface area contributed by atoms with Gasteiger partial charge in [0.25, 0.3) is 5.91 Å². The molecule has 0 fully saturated rings. The fraction of sp³-hybridized carbons (Fsp3) is 0.130. The number of rotatable bonds is 7. The number of benzene rings is 3. The number of carbonyl (C=O) groups is 2. The lowest BCUT2D eigenvalue weighted by Crippen LogP contribution is -2.36. The number of carbonyl (C=O) groups excluding carboxylic acids is 2. The van der Waals surface area contributed by atoms with Gasteiger partial charge in [-0.25, -0.2) is 4.39 Å². The van der Waals surface area contributed by atoms with E-state index in [-0.39, 0.29) is 30.7 Å². The maximum Gasteiger partial charge on any atom is 0.251 e. The SMILES string of the molecule is CSc1ccc(-c2cccc(C(=O)NCC(=O)NCc3ccc(F)cc3)c2)cc1. The molecule has 3 aromatic carbocycles. The van der Waals surface area contributed by atoms with Gasteiger partial charge in [-0.3, -0.25) is 9.59 Å². The predicted molar refractivity (Wildman–Crippen MR) is 114 cm³/mol. The molecule has 0 spiro atoms. The van der Waals surface area contributed by atoms with Crippen LogP contribution >= 0.6 is 11.8 Å². The van der Waals surface area contributed by atoms with Crippen molar-refractivity contribution in [3.8, 4) is 11.1 Å². The van der Waals surface area contributed by atoms with E-state index >= 15 is 0 Å². The Kier molecular flexibility index (Phi) is 7.03. The molecule has 3 rings (SSSR count). The molecule has 2 N–H and O–H groups in total. The molecule has 4 nitrogen and oxygen atoms in total. The molecule has 6 heteroatoms. The van der Waals surface area contributed by atoms with Gasteiger partial charge in [0.15, 0.2) is 0 Å². The molecule has 0 aliphatic heterocycles. The quantitative estimate of drug-likeness (QED) is 0.575. The number of amides is 2. The lowest BCUT2D eigenvalue weighted by atomic mass is 10.0. The summed E-state index contributed by atoms with van der Waals surface area (Å²) in [4.78, 5) is 25.5. The molecule has 0 bridgehead atoms. The highest BCUT2D eigenvalue weighted by atomic mass is 32.2. The minimum absolute atomic E-state index is 0.132. The molecular formula is C23H21FN2O2S. The van der Waals surface area contributed by atoms with Crippen molar-refractivity contribution in [1.29, 1.82) is 0 Å². The lowest BCUT2D eigenvalue weighted by molar-refractivity contribution is -0.120. The van der Waals surface area contributed by atoms with Gasteiger partial charge in [0.2, 0.25) is 5.91 Å². The molecule has 0 aromatic heterocycles. The average Bonchev–Trinajstić information content (AvgIpc) is 2.77. The molecule has 29 heavy (non-hydrogen) atoms. The molecule has 0 aliphatic rings. The van der Waals surface area contributed by atoms with E-state index in [1.165, 1.54) is 17.0 Å². The molecule has 0 aliphatic carbocycles. The highest BCUT2D eigenvalue weighted by Crippen LogP contribution is 2.23. The Labute approximate surface area is 173 Å². The van der Waals surface area contributed by atoms with Crippen LogP contribution in [0.5, 0.6) is 0 Å². The number of nitrogens with one attached hydrogen (secondary N) is 2. The van der Waals surface area contributed by atoms with Crippen molar-refractivity contribution in [3.05, 3.63) is 89.7 Å². The van der Waals surface area contributed by atoms with E-state index in [0.29, 0.717) is 5.56 Å². The van der Waals surface area contributed by atoms with Gasteiger partial charge in [0.1, 0.15) is 5.82 Å². The Morgan fingerprint density at radius 2 is 1.62 bits per heavy atom. The third kappa shape index (κ3) is 5.93. The van der Waals surface area contributed by atoms with Crippen molar-refractivity contribution in [1.82, 2.24) is 10.6 Å². The second-order valence-electron chi connectivity index (χ2n) is 6.40. The third-order valence-electron chi connectivity index (χ3n) is 4.36. The zero-order chi connectivity index (χ0) is 20.6. The Morgan fingerprint density at radius 1 is 0.897 bits per heavy atom. The minimum Gasteiger partial charge on any atom is -0.350 e. The fourth-order valence-corrected chi connectivity index (χ4v) is 3.16. The van der Waals surface area contributed by atoms with E-state index in [2.05, 4.69) is 10.6 Å². The van der Waals surface area contributed by atoms with Crippen molar-refractivity contribution in [3.63, 3.8) is 0 Å². The zero-order valence-electron chi connectivity index (χ0n) is 15.9. The topological polar surface area (TPSA) is 58.2 Å². The second kappa shape index (κ2) is 9.89. The van der Waals surface area contributed by atoms with Crippen molar-refractivity contribution >= 4 is 23.6 Å². The maximum atomic E-state index is 12.9. The molecule has 0 unspecified atom stereocenters. The summed E-state index contributed by atoms with van der Waals surface area (Å²) in [7, 11) is 0. The van der Waals surface area contributed by atoms with Gasteiger partial charge in [0, 0.05) is 17.0 Å². The summed E-state index contributed by atoms with van der Waals surface area (Å²) in [6.07, 6.45) is 2.02. The first-order valence-corrected chi connectivity index (χ1v) is 10.3. The molecule has 0 saturated heterocycles. The monoisotopic (exact) mass is 408 g/mol. The van der Waals surface area contributed by atoms with Gasteiger partial charge in [-0.1, -0.05) is 36.4 Å². The van der Waals surface area contributed by atoms with E-state index in [1.807, 2.05) is 42.7 Å². The van der Waals surface area contributed by atoms with Crippen LogP contribution < -0.4 is 10.6 Å². The fourth-order valence-electron chi connectivity index (χ4n) is 2.75. The van der Waals surface area contributed by atoms with Gasteiger partial charge >= 0.3 is 0 Å². The van der Waals surface area contributed by atoms with Crippen LogP contribution in [0, 0.1) is 5.82 Å². The van der Waals surface area contributed by atoms with E-state index in [1.54, 1.807) is 36.0 Å². The van der Waals surface area contributed by atoms with E-state index < -0.39 is 0 Å². The first kappa shape index (κ1) is 20.6. The van der Waals surface area contributed by atoms with Crippen molar-refractivity contribution in [2.75, 3.05) is 12.8 Å². The number of thioether (sulfide) groups is 1. The van der Waals surface area contributed by atoms with Crippen molar-refractivity contribution in [2.24, 2.45) is 0 Å². The number of halogens is 1. The van der Waals surface area contributed by atoms with Crippen LogP contribution in [-0.4, -0.2) is 24.6 Å². The summed E-state index contributed by atoms with van der Waals surface area (Å²) in [5.41, 5.74) is 3.23. The van der Waals surface area contributed by atoms with Gasteiger partial charge in [-0.2, -0.15) is 0 Å². The van der Waals surface area contributed by atoms with Gasteiger partial charge in [-0.15, -0.1) is 11.8 Å². The summed E-state index contributed by atoms with van der Waals surface area (Å²) in [6, 6.07) is 21.3. The van der Waals surface area contributed by atoms with Crippen LogP contribution in [0.1, 0.15) is 15.9 Å². The van der Waals surface area contributed by atoms with E-state index in [9.17, 15) is 14.0 Å². The van der Waals surface area contributed by atoms with Crippen LogP contribution in [-0.2, 0) is 11.3 Å².